The van der Waals surface area contributed by atoms with Crippen molar-refractivity contribution in [2.75, 3.05) is 26.8 Å². The highest BCUT2D eigenvalue weighted by molar-refractivity contribution is 7.89. The third-order valence-electron chi connectivity index (χ3n) is 3.73. The Morgan fingerprint density at radius 3 is 2.86 bits per heavy atom. The van der Waals surface area contributed by atoms with E-state index < -0.39 is 10.0 Å². The molecule has 7 heteroatoms. The van der Waals surface area contributed by atoms with Crippen LogP contribution in [0.2, 0.25) is 5.02 Å². The van der Waals surface area contributed by atoms with Crippen LogP contribution in [0.1, 0.15) is 18.4 Å². The van der Waals surface area contributed by atoms with Crippen LogP contribution in [0.4, 0.5) is 0 Å². The number of nitrogens with one attached hydrogen (secondary N) is 2. The minimum absolute atomic E-state index is 0.120. The van der Waals surface area contributed by atoms with Crippen molar-refractivity contribution in [3.05, 3.63) is 28.8 Å². The van der Waals surface area contributed by atoms with E-state index in [9.17, 15) is 8.42 Å². The summed E-state index contributed by atoms with van der Waals surface area (Å²) in [5, 5.41) is 3.57. The number of aryl methyl sites for hydroxylation is 1. The Bertz CT molecular complexity index is 598. The highest BCUT2D eigenvalue weighted by Crippen LogP contribution is 2.24. The van der Waals surface area contributed by atoms with Gasteiger partial charge in [-0.05, 0) is 44.0 Å². The van der Waals surface area contributed by atoms with Crippen LogP contribution in [0.3, 0.4) is 0 Å². The Morgan fingerprint density at radius 2 is 2.24 bits per heavy atom. The number of benzene rings is 1. The number of hydrogen-bond donors (Lipinski definition) is 2. The summed E-state index contributed by atoms with van der Waals surface area (Å²) in [6.45, 7) is 3.46. The summed E-state index contributed by atoms with van der Waals surface area (Å²) in [6, 6.07) is 4.96. The van der Waals surface area contributed by atoms with Crippen molar-refractivity contribution in [2.24, 2.45) is 0 Å². The first-order valence-corrected chi connectivity index (χ1v) is 8.74. The molecule has 0 radical (unpaired) electrons. The largest absolute Gasteiger partial charge is 0.383 e. The van der Waals surface area contributed by atoms with Crippen LogP contribution in [0.25, 0.3) is 0 Å². The lowest BCUT2D eigenvalue weighted by Crippen LogP contribution is -2.52. The summed E-state index contributed by atoms with van der Waals surface area (Å²) >= 11 is 6.01. The molecule has 2 N–H and O–H groups in total. The first kappa shape index (κ1) is 16.7. The molecule has 1 heterocycles. The summed E-state index contributed by atoms with van der Waals surface area (Å²) in [7, 11) is -2.02. The zero-order valence-corrected chi connectivity index (χ0v) is 13.9. The molecule has 1 saturated heterocycles. The fourth-order valence-electron chi connectivity index (χ4n) is 2.60. The molecular formula is C14H21ClN2O3S. The first-order valence-electron chi connectivity index (χ1n) is 6.88. The molecule has 118 valence electrons. The topological polar surface area (TPSA) is 67.4 Å². The van der Waals surface area contributed by atoms with E-state index in [4.69, 9.17) is 16.3 Å². The Hall–Kier alpha value is -0.660. The molecule has 21 heavy (non-hydrogen) atoms. The van der Waals surface area contributed by atoms with Crippen LogP contribution in [0.15, 0.2) is 23.1 Å². The second-order valence-electron chi connectivity index (χ2n) is 5.50. The smallest absolute Gasteiger partial charge is 0.242 e. The zero-order valence-electron chi connectivity index (χ0n) is 12.3. The molecule has 1 fully saturated rings. The van der Waals surface area contributed by atoms with E-state index in [1.807, 2.05) is 6.92 Å². The molecule has 0 aromatic heterocycles. The van der Waals surface area contributed by atoms with Gasteiger partial charge in [0.2, 0.25) is 10.0 Å². The maximum atomic E-state index is 12.4. The molecule has 0 amide bonds. The fourth-order valence-corrected chi connectivity index (χ4v) is 4.31. The second-order valence-corrected chi connectivity index (χ2v) is 7.64. The minimum atomic E-state index is -3.63. The molecular weight excluding hydrogens is 312 g/mol. The number of ether oxygens (including phenoxy) is 1. The summed E-state index contributed by atoms with van der Waals surface area (Å²) < 4.78 is 32.8. The molecule has 1 unspecified atom stereocenters. The predicted molar refractivity (Wildman–Crippen MR) is 83.2 cm³/mol. The summed E-state index contributed by atoms with van der Waals surface area (Å²) in [5.41, 5.74) is 0.517. The van der Waals surface area contributed by atoms with Crippen LogP contribution in [-0.2, 0) is 14.8 Å². The Balaban J connectivity index is 2.15. The average molecular weight is 333 g/mol. The molecule has 0 saturated carbocycles. The Labute approximate surface area is 131 Å². The van der Waals surface area contributed by atoms with Crippen molar-refractivity contribution in [2.45, 2.75) is 30.2 Å². The van der Waals surface area contributed by atoms with E-state index in [-0.39, 0.29) is 22.0 Å². The molecule has 0 bridgehead atoms. The van der Waals surface area contributed by atoms with Gasteiger partial charge in [0.25, 0.3) is 0 Å². The van der Waals surface area contributed by atoms with Gasteiger partial charge in [0.15, 0.2) is 0 Å². The van der Waals surface area contributed by atoms with Crippen molar-refractivity contribution < 1.29 is 13.2 Å². The molecule has 1 atom stereocenters. The minimum Gasteiger partial charge on any atom is -0.383 e. The Morgan fingerprint density at radius 1 is 1.48 bits per heavy atom. The molecule has 1 aromatic rings. The normalized spacial score (nSPS) is 22.6. The third kappa shape index (κ3) is 3.96. The van der Waals surface area contributed by atoms with Crippen molar-refractivity contribution in [1.82, 2.24) is 10.0 Å². The molecule has 0 spiro atoms. The zero-order chi connectivity index (χ0) is 15.5. The van der Waals surface area contributed by atoms with Gasteiger partial charge in [-0.3, -0.25) is 0 Å². The van der Waals surface area contributed by atoms with E-state index >= 15 is 0 Å². The van der Waals surface area contributed by atoms with Crippen LogP contribution >= 0.6 is 11.6 Å². The van der Waals surface area contributed by atoms with Gasteiger partial charge in [-0.1, -0.05) is 17.7 Å². The van der Waals surface area contributed by atoms with E-state index in [2.05, 4.69) is 10.0 Å². The maximum Gasteiger partial charge on any atom is 0.242 e. The highest BCUT2D eigenvalue weighted by atomic mass is 35.5. The van der Waals surface area contributed by atoms with E-state index in [1.54, 1.807) is 25.3 Å². The molecule has 0 aliphatic carbocycles. The van der Waals surface area contributed by atoms with Gasteiger partial charge < -0.3 is 10.1 Å². The highest BCUT2D eigenvalue weighted by Gasteiger charge is 2.35. The van der Waals surface area contributed by atoms with Gasteiger partial charge in [0.05, 0.1) is 17.2 Å². The SMILES string of the molecule is COCC1(CNS(=O)(=O)c2cc(C)ccc2Cl)CCCN1. The summed E-state index contributed by atoms with van der Waals surface area (Å²) in [6.07, 6.45) is 1.89. The monoisotopic (exact) mass is 332 g/mol. The third-order valence-corrected chi connectivity index (χ3v) is 5.61. The molecule has 5 nitrogen and oxygen atoms in total. The van der Waals surface area contributed by atoms with E-state index in [0.717, 1.165) is 24.9 Å². The van der Waals surface area contributed by atoms with Crippen molar-refractivity contribution in [3.8, 4) is 0 Å². The van der Waals surface area contributed by atoms with Gasteiger partial charge >= 0.3 is 0 Å². The summed E-state index contributed by atoms with van der Waals surface area (Å²) in [5.74, 6) is 0. The van der Waals surface area contributed by atoms with E-state index in [1.165, 1.54) is 0 Å². The van der Waals surface area contributed by atoms with Gasteiger partial charge in [-0.25, -0.2) is 13.1 Å². The average Bonchev–Trinajstić information content (AvgIpc) is 2.89. The lowest BCUT2D eigenvalue weighted by Gasteiger charge is -2.29. The quantitative estimate of drug-likeness (QED) is 0.832. The lowest BCUT2D eigenvalue weighted by atomic mass is 9.99. The predicted octanol–water partition coefficient (Wildman–Crippen LogP) is 1.70. The standard InChI is InChI=1S/C14H21ClN2O3S/c1-11-4-5-12(15)13(8-11)21(18,19)17-9-14(10-20-2)6-3-7-16-14/h4-5,8,16-17H,3,6-7,9-10H2,1-2H3. The Kier molecular flexibility index (Phi) is 5.27. The van der Waals surface area contributed by atoms with E-state index in [0.29, 0.717) is 6.61 Å². The molecule has 1 aliphatic heterocycles. The first-order chi connectivity index (χ1) is 9.88. The second kappa shape index (κ2) is 6.62. The van der Waals surface area contributed by atoms with Gasteiger partial charge in [0, 0.05) is 13.7 Å². The lowest BCUT2D eigenvalue weighted by molar-refractivity contribution is 0.122. The van der Waals surface area contributed by atoms with Gasteiger partial charge in [-0.15, -0.1) is 0 Å². The molecule has 1 aliphatic rings. The van der Waals surface area contributed by atoms with Crippen molar-refractivity contribution in [1.29, 1.82) is 0 Å². The number of sulfonamides is 1. The van der Waals surface area contributed by atoms with Crippen LogP contribution in [0.5, 0.6) is 0 Å². The van der Waals surface area contributed by atoms with Gasteiger partial charge in [0.1, 0.15) is 4.90 Å². The molecule has 2 rings (SSSR count). The van der Waals surface area contributed by atoms with Crippen molar-refractivity contribution in [3.63, 3.8) is 0 Å². The fraction of sp³-hybridized carbons (Fsp3) is 0.571. The number of hydrogen-bond acceptors (Lipinski definition) is 4. The maximum absolute atomic E-state index is 12.4. The van der Waals surface area contributed by atoms with Crippen LogP contribution in [0, 0.1) is 6.92 Å². The van der Waals surface area contributed by atoms with Crippen LogP contribution in [-0.4, -0.2) is 40.8 Å². The number of rotatable bonds is 6. The van der Waals surface area contributed by atoms with Gasteiger partial charge in [-0.2, -0.15) is 0 Å². The van der Waals surface area contributed by atoms with Crippen LogP contribution < -0.4 is 10.0 Å². The number of methoxy groups -OCH3 is 1. The van der Waals surface area contributed by atoms with Crippen molar-refractivity contribution >= 4 is 21.6 Å². The number of halogens is 1. The summed E-state index contributed by atoms with van der Waals surface area (Å²) in [4.78, 5) is 0.120. The molecule has 1 aromatic carbocycles.